The SMILES string of the molecule is O=C(NCC(=O)N1CCC(Nc2ccccc2Cl)CC1)c1ccc(Nc2ccccc2)cc1. The van der Waals surface area contributed by atoms with Gasteiger partial charge in [-0.05, 0) is 61.4 Å². The normalized spacial score (nSPS) is 13.9. The van der Waals surface area contributed by atoms with Crippen molar-refractivity contribution >= 4 is 40.5 Å². The fourth-order valence-electron chi connectivity index (χ4n) is 3.83. The first kappa shape index (κ1) is 22.7. The van der Waals surface area contributed by atoms with Gasteiger partial charge in [0.15, 0.2) is 0 Å². The van der Waals surface area contributed by atoms with Crippen LogP contribution in [0.2, 0.25) is 5.02 Å². The molecule has 0 bridgehead atoms. The molecule has 0 saturated carbocycles. The van der Waals surface area contributed by atoms with E-state index in [2.05, 4.69) is 16.0 Å². The Morgan fingerprint density at radius 2 is 1.48 bits per heavy atom. The predicted molar refractivity (Wildman–Crippen MR) is 133 cm³/mol. The van der Waals surface area contributed by atoms with Gasteiger partial charge in [-0.2, -0.15) is 0 Å². The number of piperidine rings is 1. The molecule has 1 saturated heterocycles. The summed E-state index contributed by atoms with van der Waals surface area (Å²) in [6, 6.07) is 24.9. The van der Waals surface area contributed by atoms with E-state index < -0.39 is 0 Å². The van der Waals surface area contributed by atoms with Gasteiger partial charge in [0.05, 0.1) is 17.3 Å². The zero-order chi connectivity index (χ0) is 23.0. The van der Waals surface area contributed by atoms with Gasteiger partial charge in [-0.1, -0.05) is 41.9 Å². The summed E-state index contributed by atoms with van der Waals surface area (Å²) in [5.41, 5.74) is 3.30. The van der Waals surface area contributed by atoms with Crippen molar-refractivity contribution in [2.24, 2.45) is 0 Å². The molecule has 33 heavy (non-hydrogen) atoms. The number of rotatable bonds is 7. The van der Waals surface area contributed by atoms with Crippen molar-refractivity contribution in [3.63, 3.8) is 0 Å². The lowest BCUT2D eigenvalue weighted by Crippen LogP contribution is -2.46. The third kappa shape index (κ3) is 6.26. The van der Waals surface area contributed by atoms with E-state index >= 15 is 0 Å². The number of benzene rings is 3. The predicted octanol–water partition coefficient (Wildman–Crippen LogP) is 4.92. The number of nitrogens with one attached hydrogen (secondary N) is 3. The molecule has 6 nitrogen and oxygen atoms in total. The molecule has 1 fully saturated rings. The highest BCUT2D eigenvalue weighted by atomic mass is 35.5. The number of anilines is 3. The second-order valence-electron chi connectivity index (χ2n) is 8.03. The molecular weight excluding hydrogens is 436 g/mol. The quantitative estimate of drug-likeness (QED) is 0.466. The zero-order valence-electron chi connectivity index (χ0n) is 18.3. The number of halogens is 1. The molecule has 1 heterocycles. The Labute approximate surface area is 198 Å². The van der Waals surface area contributed by atoms with Crippen molar-refractivity contribution in [1.82, 2.24) is 10.2 Å². The molecule has 1 aliphatic rings. The third-order valence-corrected chi connectivity index (χ3v) is 6.02. The summed E-state index contributed by atoms with van der Waals surface area (Å²) in [7, 11) is 0. The molecule has 1 aliphatic heterocycles. The molecule has 0 atom stereocenters. The third-order valence-electron chi connectivity index (χ3n) is 5.69. The molecule has 2 amide bonds. The summed E-state index contributed by atoms with van der Waals surface area (Å²) in [6.45, 7) is 1.29. The maximum absolute atomic E-state index is 12.6. The van der Waals surface area contributed by atoms with E-state index in [4.69, 9.17) is 11.6 Å². The van der Waals surface area contributed by atoms with E-state index in [1.165, 1.54) is 0 Å². The Kier molecular flexibility index (Phi) is 7.47. The van der Waals surface area contributed by atoms with Crippen molar-refractivity contribution in [3.05, 3.63) is 89.4 Å². The van der Waals surface area contributed by atoms with E-state index in [1.807, 2.05) is 66.7 Å². The summed E-state index contributed by atoms with van der Waals surface area (Å²) in [4.78, 5) is 26.8. The van der Waals surface area contributed by atoms with Crippen molar-refractivity contribution in [2.75, 3.05) is 30.3 Å². The van der Waals surface area contributed by atoms with Gasteiger partial charge in [0.1, 0.15) is 0 Å². The fourth-order valence-corrected chi connectivity index (χ4v) is 4.02. The maximum atomic E-state index is 12.6. The summed E-state index contributed by atoms with van der Waals surface area (Å²) in [5, 5.41) is 10.2. The first-order valence-corrected chi connectivity index (χ1v) is 11.5. The van der Waals surface area contributed by atoms with E-state index in [-0.39, 0.29) is 24.4 Å². The van der Waals surface area contributed by atoms with Crippen LogP contribution < -0.4 is 16.0 Å². The minimum atomic E-state index is -0.259. The minimum Gasteiger partial charge on any atom is -0.381 e. The lowest BCUT2D eigenvalue weighted by molar-refractivity contribution is -0.131. The molecular formula is C26H27ClN4O2. The van der Waals surface area contributed by atoms with Gasteiger partial charge >= 0.3 is 0 Å². The molecule has 3 N–H and O–H groups in total. The fraction of sp³-hybridized carbons (Fsp3) is 0.231. The smallest absolute Gasteiger partial charge is 0.251 e. The molecule has 3 aromatic carbocycles. The average Bonchev–Trinajstić information content (AvgIpc) is 2.85. The van der Waals surface area contributed by atoms with Crippen LogP contribution >= 0.6 is 11.6 Å². The summed E-state index contributed by atoms with van der Waals surface area (Å²) in [6.07, 6.45) is 1.67. The van der Waals surface area contributed by atoms with E-state index in [9.17, 15) is 9.59 Å². The average molecular weight is 463 g/mol. The topological polar surface area (TPSA) is 73.5 Å². The van der Waals surface area contributed by atoms with E-state index in [0.717, 1.165) is 29.9 Å². The van der Waals surface area contributed by atoms with E-state index in [0.29, 0.717) is 23.7 Å². The summed E-state index contributed by atoms with van der Waals surface area (Å²) >= 11 is 6.22. The van der Waals surface area contributed by atoms with Gasteiger partial charge in [-0.25, -0.2) is 0 Å². The monoisotopic (exact) mass is 462 g/mol. The number of carbonyl (C=O) groups is 2. The minimum absolute atomic E-state index is 0.00847. The second kappa shape index (κ2) is 10.9. The lowest BCUT2D eigenvalue weighted by Gasteiger charge is -2.33. The van der Waals surface area contributed by atoms with Crippen molar-refractivity contribution in [3.8, 4) is 0 Å². The van der Waals surface area contributed by atoms with Crippen LogP contribution in [0, 0.1) is 0 Å². The highest BCUT2D eigenvalue weighted by Gasteiger charge is 2.23. The molecule has 3 aromatic rings. The maximum Gasteiger partial charge on any atom is 0.251 e. The van der Waals surface area contributed by atoms with Crippen LogP contribution in [-0.4, -0.2) is 42.4 Å². The number of hydrogen-bond acceptors (Lipinski definition) is 4. The molecule has 170 valence electrons. The van der Waals surface area contributed by atoms with Crippen LogP contribution in [-0.2, 0) is 4.79 Å². The van der Waals surface area contributed by atoms with Crippen LogP contribution in [0.4, 0.5) is 17.1 Å². The number of carbonyl (C=O) groups excluding carboxylic acids is 2. The van der Waals surface area contributed by atoms with Gasteiger partial charge in [0.2, 0.25) is 5.91 Å². The highest BCUT2D eigenvalue weighted by molar-refractivity contribution is 6.33. The van der Waals surface area contributed by atoms with Crippen LogP contribution in [0.1, 0.15) is 23.2 Å². The second-order valence-corrected chi connectivity index (χ2v) is 8.44. The van der Waals surface area contributed by atoms with Gasteiger partial charge in [0.25, 0.3) is 5.91 Å². The number of nitrogens with zero attached hydrogens (tertiary/aromatic N) is 1. The van der Waals surface area contributed by atoms with Crippen molar-refractivity contribution in [1.29, 1.82) is 0 Å². The first-order valence-electron chi connectivity index (χ1n) is 11.1. The van der Waals surface area contributed by atoms with Crippen LogP contribution in [0.15, 0.2) is 78.9 Å². The standard InChI is InChI=1S/C26H27ClN4O2/c27-23-8-4-5-9-24(23)30-22-14-16-31(17-15-22)25(32)18-28-26(33)19-10-12-21(13-11-19)29-20-6-2-1-3-7-20/h1-13,22,29-30H,14-18H2,(H,28,33). The van der Waals surface area contributed by atoms with Crippen molar-refractivity contribution in [2.45, 2.75) is 18.9 Å². The van der Waals surface area contributed by atoms with Crippen LogP contribution in [0.25, 0.3) is 0 Å². The summed E-state index contributed by atoms with van der Waals surface area (Å²) in [5.74, 6) is -0.327. The number of likely N-dealkylation sites (tertiary alicyclic amines) is 1. The number of amides is 2. The highest BCUT2D eigenvalue weighted by Crippen LogP contribution is 2.24. The first-order chi connectivity index (χ1) is 16.1. The molecule has 0 aliphatic carbocycles. The van der Waals surface area contributed by atoms with Crippen LogP contribution in [0.5, 0.6) is 0 Å². The molecule has 4 rings (SSSR count). The molecule has 0 unspecified atom stereocenters. The van der Waals surface area contributed by atoms with Gasteiger partial charge in [0, 0.05) is 36.1 Å². The Balaban J connectivity index is 1.21. The van der Waals surface area contributed by atoms with Gasteiger partial charge < -0.3 is 20.9 Å². The Morgan fingerprint density at radius 3 is 2.18 bits per heavy atom. The Morgan fingerprint density at radius 1 is 0.848 bits per heavy atom. The van der Waals surface area contributed by atoms with Crippen molar-refractivity contribution < 1.29 is 9.59 Å². The number of para-hydroxylation sites is 2. The zero-order valence-corrected chi connectivity index (χ0v) is 19.0. The van der Waals surface area contributed by atoms with Crippen LogP contribution in [0.3, 0.4) is 0 Å². The largest absolute Gasteiger partial charge is 0.381 e. The number of hydrogen-bond donors (Lipinski definition) is 3. The Bertz CT molecular complexity index is 1080. The Hall–Kier alpha value is -3.51. The van der Waals surface area contributed by atoms with E-state index in [1.54, 1.807) is 17.0 Å². The molecule has 0 spiro atoms. The lowest BCUT2D eigenvalue weighted by atomic mass is 10.0. The molecule has 0 radical (unpaired) electrons. The molecule has 7 heteroatoms. The van der Waals surface area contributed by atoms with Gasteiger partial charge in [-0.15, -0.1) is 0 Å². The molecule has 0 aromatic heterocycles. The summed E-state index contributed by atoms with van der Waals surface area (Å²) < 4.78 is 0. The van der Waals surface area contributed by atoms with Gasteiger partial charge in [-0.3, -0.25) is 9.59 Å².